The lowest BCUT2D eigenvalue weighted by Gasteiger charge is -2.15. The molecule has 31 heavy (non-hydrogen) atoms. The van der Waals surface area contributed by atoms with Crippen LogP contribution >= 0.6 is 23.4 Å². The standard InChI is InChI=1S/C20H17ClF3N3O3S/c1-4-30-19(29)14-7-12(9-25)18(26-10(14)2)31-11(3)17(28)27-13-5-6-16(21)15(8-13)20(22,23)24/h5-8,11H,4H2,1-3H3,(H,27,28)/t11-/m0/s1. The van der Waals surface area contributed by atoms with E-state index in [-0.39, 0.29) is 28.4 Å². The lowest BCUT2D eigenvalue weighted by Crippen LogP contribution is -2.23. The molecule has 1 atom stereocenters. The number of hydrogen-bond donors (Lipinski definition) is 1. The highest BCUT2D eigenvalue weighted by atomic mass is 35.5. The van der Waals surface area contributed by atoms with Gasteiger partial charge in [-0.15, -0.1) is 0 Å². The van der Waals surface area contributed by atoms with Gasteiger partial charge in [-0.05, 0) is 45.0 Å². The summed E-state index contributed by atoms with van der Waals surface area (Å²) in [6.07, 6.45) is -4.66. The lowest BCUT2D eigenvalue weighted by molar-refractivity contribution is -0.137. The molecule has 0 radical (unpaired) electrons. The summed E-state index contributed by atoms with van der Waals surface area (Å²) in [6, 6.07) is 6.30. The van der Waals surface area contributed by atoms with Crippen molar-refractivity contribution < 1.29 is 27.5 Å². The van der Waals surface area contributed by atoms with Gasteiger partial charge in [-0.2, -0.15) is 18.4 Å². The molecule has 1 aromatic carbocycles. The minimum absolute atomic E-state index is 0.0727. The smallest absolute Gasteiger partial charge is 0.417 e. The minimum atomic E-state index is -4.66. The quantitative estimate of drug-likeness (QED) is 0.458. The molecule has 0 saturated carbocycles. The van der Waals surface area contributed by atoms with Gasteiger partial charge in [0.2, 0.25) is 5.91 Å². The molecule has 1 N–H and O–H groups in total. The minimum Gasteiger partial charge on any atom is -0.462 e. The van der Waals surface area contributed by atoms with Crippen LogP contribution < -0.4 is 5.32 Å². The Hall–Kier alpha value is -2.77. The summed E-state index contributed by atoms with van der Waals surface area (Å²) in [5.74, 6) is -1.21. The maximum atomic E-state index is 13.0. The fourth-order valence-electron chi connectivity index (χ4n) is 2.45. The van der Waals surface area contributed by atoms with E-state index in [9.17, 15) is 28.0 Å². The predicted molar refractivity (Wildman–Crippen MR) is 110 cm³/mol. The monoisotopic (exact) mass is 471 g/mol. The highest BCUT2D eigenvalue weighted by Gasteiger charge is 2.33. The van der Waals surface area contributed by atoms with E-state index in [0.717, 1.165) is 23.9 Å². The number of alkyl halides is 3. The third kappa shape index (κ3) is 6.12. The molecule has 0 fully saturated rings. The van der Waals surface area contributed by atoms with E-state index in [0.29, 0.717) is 5.69 Å². The second-order valence-electron chi connectivity index (χ2n) is 6.25. The van der Waals surface area contributed by atoms with Crippen molar-refractivity contribution in [1.82, 2.24) is 4.98 Å². The van der Waals surface area contributed by atoms with Crippen molar-refractivity contribution in [2.24, 2.45) is 0 Å². The Balaban J connectivity index is 2.21. The van der Waals surface area contributed by atoms with Gasteiger partial charge in [0.1, 0.15) is 11.1 Å². The van der Waals surface area contributed by atoms with Crippen molar-refractivity contribution in [2.75, 3.05) is 11.9 Å². The van der Waals surface area contributed by atoms with Crippen LogP contribution in [0.5, 0.6) is 0 Å². The molecule has 0 saturated heterocycles. The number of nitriles is 1. The van der Waals surface area contributed by atoms with Gasteiger partial charge in [0, 0.05) is 5.69 Å². The summed E-state index contributed by atoms with van der Waals surface area (Å²) < 4.78 is 43.9. The molecular weight excluding hydrogens is 455 g/mol. The Bertz CT molecular complexity index is 1050. The summed E-state index contributed by atoms with van der Waals surface area (Å²) in [5.41, 5.74) is -0.604. The predicted octanol–water partition coefficient (Wildman–Crippen LogP) is 5.23. The fraction of sp³-hybridized carbons (Fsp3) is 0.300. The van der Waals surface area contributed by atoms with E-state index in [4.69, 9.17) is 16.3 Å². The van der Waals surface area contributed by atoms with Crippen LogP contribution in [0, 0.1) is 18.3 Å². The largest absolute Gasteiger partial charge is 0.462 e. The molecular formula is C20H17ClF3N3O3S. The van der Waals surface area contributed by atoms with Crippen LogP contribution in [0.15, 0.2) is 29.3 Å². The average molecular weight is 472 g/mol. The number of aromatic nitrogens is 1. The first kappa shape index (κ1) is 24.5. The number of thioether (sulfide) groups is 1. The zero-order valence-electron chi connectivity index (χ0n) is 16.6. The SMILES string of the molecule is CCOC(=O)c1cc(C#N)c(S[C@@H](C)C(=O)Nc2ccc(Cl)c(C(F)(F)F)c2)nc1C. The van der Waals surface area contributed by atoms with Gasteiger partial charge >= 0.3 is 12.1 Å². The second-order valence-corrected chi connectivity index (χ2v) is 7.98. The number of amides is 1. The lowest BCUT2D eigenvalue weighted by atomic mass is 10.1. The van der Waals surface area contributed by atoms with Crippen LogP contribution in [-0.2, 0) is 15.7 Å². The van der Waals surface area contributed by atoms with E-state index in [1.165, 1.54) is 19.1 Å². The number of nitrogens with one attached hydrogen (secondary N) is 1. The summed E-state index contributed by atoms with van der Waals surface area (Å²) in [6.45, 7) is 4.88. The van der Waals surface area contributed by atoms with Crippen molar-refractivity contribution >= 4 is 40.9 Å². The number of halogens is 4. The van der Waals surface area contributed by atoms with Crippen molar-refractivity contribution in [1.29, 1.82) is 5.26 Å². The van der Waals surface area contributed by atoms with E-state index < -0.39 is 33.9 Å². The third-order valence-electron chi connectivity index (χ3n) is 3.99. The first-order valence-electron chi connectivity index (χ1n) is 8.91. The molecule has 1 amide bonds. The summed E-state index contributed by atoms with van der Waals surface area (Å²) in [7, 11) is 0. The van der Waals surface area contributed by atoms with Crippen molar-refractivity contribution in [3.05, 3.63) is 51.7 Å². The first-order chi connectivity index (χ1) is 14.5. The Kier molecular flexibility index (Phi) is 7.92. The number of aryl methyl sites for hydroxylation is 1. The molecule has 0 spiro atoms. The van der Waals surface area contributed by atoms with Crippen molar-refractivity contribution in [2.45, 2.75) is 37.2 Å². The van der Waals surface area contributed by atoms with Crippen LogP contribution in [0.1, 0.15) is 41.0 Å². The number of hydrogen-bond acceptors (Lipinski definition) is 6. The normalized spacial score (nSPS) is 12.1. The molecule has 0 aliphatic rings. The Morgan fingerprint density at radius 3 is 2.61 bits per heavy atom. The molecule has 0 bridgehead atoms. The Labute approximate surface area is 185 Å². The number of anilines is 1. The van der Waals surface area contributed by atoms with Gasteiger partial charge in [0.25, 0.3) is 0 Å². The van der Waals surface area contributed by atoms with Crippen LogP contribution in [-0.4, -0.2) is 28.7 Å². The highest BCUT2D eigenvalue weighted by Crippen LogP contribution is 2.36. The Morgan fingerprint density at radius 2 is 2.03 bits per heavy atom. The molecule has 2 aromatic rings. The molecule has 164 valence electrons. The van der Waals surface area contributed by atoms with Gasteiger partial charge < -0.3 is 10.1 Å². The molecule has 0 aliphatic carbocycles. The highest BCUT2D eigenvalue weighted by molar-refractivity contribution is 8.00. The van der Waals surface area contributed by atoms with E-state index in [1.54, 1.807) is 13.8 Å². The summed E-state index contributed by atoms with van der Waals surface area (Å²) in [4.78, 5) is 28.7. The number of ether oxygens (including phenoxy) is 1. The van der Waals surface area contributed by atoms with Gasteiger partial charge in [0.15, 0.2) is 0 Å². The van der Waals surface area contributed by atoms with Crippen LogP contribution in [0.25, 0.3) is 0 Å². The second kappa shape index (κ2) is 10.0. The topological polar surface area (TPSA) is 92.1 Å². The average Bonchev–Trinajstić information content (AvgIpc) is 2.68. The molecule has 1 aromatic heterocycles. The maximum Gasteiger partial charge on any atom is 0.417 e. The van der Waals surface area contributed by atoms with Gasteiger partial charge in [0.05, 0.1) is 39.3 Å². The number of carbonyl (C=O) groups excluding carboxylic acids is 2. The van der Waals surface area contributed by atoms with E-state index >= 15 is 0 Å². The molecule has 6 nitrogen and oxygen atoms in total. The molecule has 0 unspecified atom stereocenters. The zero-order valence-corrected chi connectivity index (χ0v) is 18.2. The third-order valence-corrected chi connectivity index (χ3v) is 5.42. The maximum absolute atomic E-state index is 13.0. The van der Waals surface area contributed by atoms with E-state index in [2.05, 4.69) is 10.3 Å². The van der Waals surface area contributed by atoms with Crippen LogP contribution in [0.3, 0.4) is 0 Å². The Morgan fingerprint density at radius 1 is 1.35 bits per heavy atom. The molecule has 0 aliphatic heterocycles. The summed E-state index contributed by atoms with van der Waals surface area (Å²) in [5, 5.41) is 10.7. The van der Waals surface area contributed by atoms with Gasteiger partial charge in [-0.25, -0.2) is 9.78 Å². The van der Waals surface area contributed by atoms with Crippen molar-refractivity contribution in [3.8, 4) is 6.07 Å². The van der Waals surface area contributed by atoms with Gasteiger partial charge in [-0.3, -0.25) is 4.79 Å². The van der Waals surface area contributed by atoms with Gasteiger partial charge in [-0.1, -0.05) is 23.4 Å². The zero-order chi connectivity index (χ0) is 23.3. The van der Waals surface area contributed by atoms with Crippen LogP contribution in [0.2, 0.25) is 5.02 Å². The molecule has 11 heteroatoms. The number of pyridine rings is 1. The molecule has 1 heterocycles. The number of carbonyl (C=O) groups is 2. The first-order valence-corrected chi connectivity index (χ1v) is 10.2. The van der Waals surface area contributed by atoms with Crippen molar-refractivity contribution in [3.63, 3.8) is 0 Å². The number of benzene rings is 1. The van der Waals surface area contributed by atoms with E-state index in [1.807, 2.05) is 6.07 Å². The van der Waals surface area contributed by atoms with Crippen LogP contribution in [0.4, 0.5) is 18.9 Å². The summed E-state index contributed by atoms with van der Waals surface area (Å²) >= 11 is 6.52. The fourth-order valence-corrected chi connectivity index (χ4v) is 3.60. The number of nitrogens with zero attached hydrogens (tertiary/aromatic N) is 2. The number of esters is 1. The molecule has 2 rings (SSSR count). The number of rotatable bonds is 6.